The lowest BCUT2D eigenvalue weighted by Gasteiger charge is -2.37. The summed E-state index contributed by atoms with van der Waals surface area (Å²) in [5.74, 6) is 0.221. The molecule has 1 aromatic carbocycles. The van der Waals surface area contributed by atoms with Crippen LogP contribution < -0.4 is 5.46 Å². The minimum absolute atomic E-state index is 0.221. The predicted molar refractivity (Wildman–Crippen MR) is 65.0 cm³/mol. The summed E-state index contributed by atoms with van der Waals surface area (Å²) in [6.45, 7) is 7.06. The molecular formula is C12H18BO3. The van der Waals surface area contributed by atoms with E-state index in [1.165, 1.54) is 0 Å². The highest BCUT2D eigenvalue weighted by Crippen LogP contribution is 2.24. The van der Waals surface area contributed by atoms with Crippen molar-refractivity contribution in [2.24, 2.45) is 0 Å². The van der Waals surface area contributed by atoms with Gasteiger partial charge >= 0.3 is 7.48 Å². The summed E-state index contributed by atoms with van der Waals surface area (Å²) in [6, 6.07) is 6.67. The average Bonchev–Trinajstić information content (AvgIpc) is 2.15. The first-order chi connectivity index (χ1) is 7.22. The molecule has 0 saturated carbocycles. The monoisotopic (exact) mass is 221 g/mol. The molecular weight excluding hydrogens is 203 g/mol. The van der Waals surface area contributed by atoms with Crippen LogP contribution in [0, 0.1) is 0 Å². The summed E-state index contributed by atoms with van der Waals surface area (Å²) in [6.07, 6.45) is 0. The van der Waals surface area contributed by atoms with Crippen LogP contribution in [0.2, 0.25) is 0 Å². The third-order valence-corrected chi connectivity index (χ3v) is 2.86. The smallest absolute Gasteiger partial charge is 0.330 e. The lowest BCUT2D eigenvalue weighted by molar-refractivity contribution is -0.0893. The quantitative estimate of drug-likeness (QED) is 0.751. The third-order valence-electron chi connectivity index (χ3n) is 2.86. The standard InChI is InChI=1S/C12H18BO3/c1-11(2,15)12(3,4)16-13-9-5-7-10(14)8-6-9/h5-8,14-15H,1-4H3. The molecule has 1 aromatic rings. The molecule has 0 unspecified atom stereocenters. The maximum absolute atomic E-state index is 9.88. The summed E-state index contributed by atoms with van der Waals surface area (Å²) in [5, 5.41) is 19.0. The lowest BCUT2D eigenvalue weighted by Crippen LogP contribution is -2.49. The van der Waals surface area contributed by atoms with Crippen LogP contribution >= 0.6 is 0 Å². The highest BCUT2D eigenvalue weighted by molar-refractivity contribution is 6.47. The molecule has 87 valence electrons. The average molecular weight is 221 g/mol. The Morgan fingerprint density at radius 3 is 2.00 bits per heavy atom. The summed E-state index contributed by atoms with van der Waals surface area (Å²) in [7, 11) is 1.58. The molecule has 0 saturated heterocycles. The summed E-state index contributed by atoms with van der Waals surface area (Å²) < 4.78 is 5.56. The molecule has 1 radical (unpaired) electrons. The van der Waals surface area contributed by atoms with E-state index in [2.05, 4.69) is 0 Å². The van der Waals surface area contributed by atoms with E-state index in [-0.39, 0.29) is 5.75 Å². The molecule has 0 bridgehead atoms. The van der Waals surface area contributed by atoms with Gasteiger partial charge in [0, 0.05) is 0 Å². The summed E-state index contributed by atoms with van der Waals surface area (Å²) in [5.41, 5.74) is -0.763. The Hall–Kier alpha value is -0.995. The molecule has 0 heterocycles. The summed E-state index contributed by atoms with van der Waals surface area (Å²) in [4.78, 5) is 0. The molecule has 1 rings (SSSR count). The minimum Gasteiger partial charge on any atom is -0.508 e. The summed E-state index contributed by atoms with van der Waals surface area (Å²) >= 11 is 0. The van der Waals surface area contributed by atoms with Crippen LogP contribution in [-0.2, 0) is 4.65 Å². The van der Waals surface area contributed by atoms with Crippen molar-refractivity contribution in [2.75, 3.05) is 0 Å². The minimum atomic E-state index is -0.930. The van der Waals surface area contributed by atoms with Gasteiger partial charge in [0.05, 0.1) is 11.2 Å². The van der Waals surface area contributed by atoms with Gasteiger partial charge in [-0.1, -0.05) is 17.6 Å². The highest BCUT2D eigenvalue weighted by Gasteiger charge is 2.35. The molecule has 16 heavy (non-hydrogen) atoms. The molecule has 0 atom stereocenters. The number of aliphatic hydroxyl groups is 1. The van der Waals surface area contributed by atoms with E-state index in [4.69, 9.17) is 9.76 Å². The maximum atomic E-state index is 9.88. The number of phenolic OH excluding ortho intramolecular Hbond substituents is 1. The zero-order chi connectivity index (χ0) is 12.4. The Morgan fingerprint density at radius 1 is 1.06 bits per heavy atom. The Morgan fingerprint density at radius 2 is 1.56 bits per heavy atom. The Kier molecular flexibility index (Phi) is 3.66. The van der Waals surface area contributed by atoms with Crippen LogP contribution in [0.3, 0.4) is 0 Å². The van der Waals surface area contributed by atoms with Crippen molar-refractivity contribution in [3.8, 4) is 5.75 Å². The molecule has 3 nitrogen and oxygen atoms in total. The zero-order valence-corrected chi connectivity index (χ0v) is 10.2. The number of hydrogen-bond donors (Lipinski definition) is 2. The topological polar surface area (TPSA) is 49.7 Å². The van der Waals surface area contributed by atoms with Crippen molar-refractivity contribution in [3.63, 3.8) is 0 Å². The fourth-order valence-corrected chi connectivity index (χ4v) is 0.912. The van der Waals surface area contributed by atoms with Gasteiger partial charge in [-0.3, -0.25) is 0 Å². The zero-order valence-electron chi connectivity index (χ0n) is 10.2. The van der Waals surface area contributed by atoms with E-state index in [1.54, 1.807) is 45.6 Å². The van der Waals surface area contributed by atoms with Gasteiger partial charge in [-0.2, -0.15) is 0 Å². The Labute approximate surface area is 97.3 Å². The van der Waals surface area contributed by atoms with Gasteiger partial charge in [0.25, 0.3) is 0 Å². The highest BCUT2D eigenvalue weighted by atomic mass is 16.5. The normalized spacial score (nSPS) is 12.6. The van der Waals surface area contributed by atoms with Crippen LogP contribution in [0.25, 0.3) is 0 Å². The number of rotatable bonds is 4. The second-order valence-corrected chi connectivity index (χ2v) is 4.90. The number of hydrogen-bond acceptors (Lipinski definition) is 3. The number of phenols is 1. The fourth-order valence-electron chi connectivity index (χ4n) is 0.912. The van der Waals surface area contributed by atoms with Crippen LogP contribution in [0.15, 0.2) is 24.3 Å². The lowest BCUT2D eigenvalue weighted by atomic mass is 9.83. The van der Waals surface area contributed by atoms with E-state index >= 15 is 0 Å². The van der Waals surface area contributed by atoms with Gasteiger partial charge in [0.15, 0.2) is 0 Å². The van der Waals surface area contributed by atoms with Gasteiger partial charge in [-0.05, 0) is 39.8 Å². The molecule has 4 heteroatoms. The van der Waals surface area contributed by atoms with Gasteiger partial charge in [-0.15, -0.1) is 0 Å². The first-order valence-electron chi connectivity index (χ1n) is 5.25. The van der Waals surface area contributed by atoms with E-state index in [0.29, 0.717) is 0 Å². The molecule has 2 N–H and O–H groups in total. The maximum Gasteiger partial charge on any atom is 0.330 e. The molecule has 0 amide bonds. The van der Waals surface area contributed by atoms with E-state index in [9.17, 15) is 5.11 Å². The molecule has 0 spiro atoms. The van der Waals surface area contributed by atoms with Crippen molar-refractivity contribution < 1.29 is 14.9 Å². The Balaban J connectivity index is 2.61. The van der Waals surface area contributed by atoms with Crippen molar-refractivity contribution in [3.05, 3.63) is 24.3 Å². The molecule has 0 aromatic heterocycles. The first-order valence-corrected chi connectivity index (χ1v) is 5.25. The van der Waals surface area contributed by atoms with Gasteiger partial charge < -0.3 is 14.9 Å². The van der Waals surface area contributed by atoms with Gasteiger partial charge in [0.2, 0.25) is 0 Å². The SMILES string of the molecule is CC(C)(O)C(C)(C)O[B]c1ccc(O)cc1. The first kappa shape index (κ1) is 13.1. The van der Waals surface area contributed by atoms with E-state index < -0.39 is 11.2 Å². The van der Waals surface area contributed by atoms with Crippen molar-refractivity contribution >= 4 is 12.9 Å². The van der Waals surface area contributed by atoms with Crippen molar-refractivity contribution in [1.82, 2.24) is 0 Å². The van der Waals surface area contributed by atoms with Crippen LogP contribution in [0.1, 0.15) is 27.7 Å². The third kappa shape index (κ3) is 3.25. The Bertz CT molecular complexity index is 338. The van der Waals surface area contributed by atoms with Crippen LogP contribution in [-0.4, -0.2) is 28.9 Å². The fraction of sp³-hybridized carbons (Fsp3) is 0.500. The number of benzene rings is 1. The largest absolute Gasteiger partial charge is 0.508 e. The molecule has 0 aliphatic heterocycles. The molecule has 0 fully saturated rings. The van der Waals surface area contributed by atoms with E-state index in [1.807, 2.05) is 13.8 Å². The molecule has 0 aliphatic carbocycles. The van der Waals surface area contributed by atoms with Crippen LogP contribution in [0.5, 0.6) is 5.75 Å². The second-order valence-electron chi connectivity index (χ2n) is 4.90. The number of aromatic hydroxyl groups is 1. The molecule has 0 aliphatic rings. The predicted octanol–water partition coefficient (Wildman–Crippen LogP) is 1.20. The van der Waals surface area contributed by atoms with Gasteiger partial charge in [0.1, 0.15) is 5.75 Å². The van der Waals surface area contributed by atoms with Crippen molar-refractivity contribution in [1.29, 1.82) is 0 Å². The van der Waals surface area contributed by atoms with Crippen molar-refractivity contribution in [2.45, 2.75) is 38.9 Å². The van der Waals surface area contributed by atoms with E-state index in [0.717, 1.165) is 5.46 Å². The van der Waals surface area contributed by atoms with Crippen LogP contribution in [0.4, 0.5) is 0 Å². The second kappa shape index (κ2) is 4.48. The van der Waals surface area contributed by atoms with Gasteiger partial charge in [-0.25, -0.2) is 0 Å².